The van der Waals surface area contributed by atoms with Crippen molar-refractivity contribution < 1.29 is 4.79 Å². The minimum absolute atomic E-state index is 0.230. The molecule has 1 aromatic rings. The molecular formula is C17H27N3O. The summed E-state index contributed by atoms with van der Waals surface area (Å²) in [6.07, 6.45) is 5.12. The highest BCUT2D eigenvalue weighted by atomic mass is 16.2. The summed E-state index contributed by atoms with van der Waals surface area (Å²) < 4.78 is 0. The van der Waals surface area contributed by atoms with Gasteiger partial charge >= 0.3 is 0 Å². The van der Waals surface area contributed by atoms with Crippen LogP contribution in [0.5, 0.6) is 0 Å². The molecule has 0 radical (unpaired) electrons. The third-order valence-corrected chi connectivity index (χ3v) is 5.14. The van der Waals surface area contributed by atoms with E-state index in [4.69, 9.17) is 5.84 Å². The molecule has 1 aromatic carbocycles. The zero-order valence-corrected chi connectivity index (χ0v) is 13.2. The average molecular weight is 289 g/mol. The van der Waals surface area contributed by atoms with E-state index in [1.165, 1.54) is 31.2 Å². The van der Waals surface area contributed by atoms with E-state index >= 15 is 0 Å². The van der Waals surface area contributed by atoms with Gasteiger partial charge in [0, 0.05) is 12.1 Å². The first kappa shape index (κ1) is 16.0. The molecule has 0 atom stereocenters. The number of rotatable bonds is 5. The molecule has 0 unspecified atom stereocenters. The fourth-order valence-corrected chi connectivity index (χ4v) is 3.30. The van der Waals surface area contributed by atoms with Crippen molar-refractivity contribution in [1.29, 1.82) is 0 Å². The van der Waals surface area contributed by atoms with Crippen LogP contribution in [0, 0.1) is 5.41 Å². The maximum atomic E-state index is 11.6. The largest absolute Gasteiger partial charge is 0.299 e. The van der Waals surface area contributed by atoms with Crippen LogP contribution >= 0.6 is 0 Å². The molecule has 4 nitrogen and oxygen atoms in total. The molecule has 21 heavy (non-hydrogen) atoms. The predicted molar refractivity (Wildman–Crippen MR) is 85.6 cm³/mol. The van der Waals surface area contributed by atoms with Crippen molar-refractivity contribution in [3.63, 3.8) is 0 Å². The SMILES string of the molecule is CCC1(CC)CCN(Cc2cccc(C(=O)NN)c2)CC1. The third-order valence-electron chi connectivity index (χ3n) is 5.14. The molecule has 0 aliphatic carbocycles. The molecule has 1 saturated heterocycles. The molecule has 0 saturated carbocycles. The Morgan fingerprint density at radius 1 is 1.29 bits per heavy atom. The average Bonchev–Trinajstić information content (AvgIpc) is 2.55. The van der Waals surface area contributed by atoms with Crippen LogP contribution in [0.3, 0.4) is 0 Å². The number of nitrogen functional groups attached to an aromatic ring is 1. The van der Waals surface area contributed by atoms with Crippen molar-refractivity contribution in [1.82, 2.24) is 10.3 Å². The summed E-state index contributed by atoms with van der Waals surface area (Å²) in [6.45, 7) is 7.83. The second-order valence-electron chi connectivity index (χ2n) is 6.16. The zero-order chi connectivity index (χ0) is 15.3. The lowest BCUT2D eigenvalue weighted by atomic mass is 9.74. The highest BCUT2D eigenvalue weighted by molar-refractivity contribution is 5.93. The van der Waals surface area contributed by atoms with Gasteiger partial charge in [-0.3, -0.25) is 15.1 Å². The van der Waals surface area contributed by atoms with Crippen molar-refractivity contribution in [3.8, 4) is 0 Å². The lowest BCUT2D eigenvalue weighted by Crippen LogP contribution is -2.39. The van der Waals surface area contributed by atoms with Crippen molar-refractivity contribution in [2.45, 2.75) is 46.1 Å². The molecule has 1 amide bonds. The van der Waals surface area contributed by atoms with Crippen LogP contribution in [0.25, 0.3) is 0 Å². The van der Waals surface area contributed by atoms with Crippen LogP contribution in [0.15, 0.2) is 24.3 Å². The van der Waals surface area contributed by atoms with Gasteiger partial charge in [0.2, 0.25) is 0 Å². The molecule has 1 aliphatic rings. The second kappa shape index (κ2) is 7.05. The molecule has 0 bridgehead atoms. The molecule has 1 heterocycles. The number of carbonyl (C=O) groups is 1. The number of likely N-dealkylation sites (tertiary alicyclic amines) is 1. The Bertz CT molecular complexity index is 473. The smallest absolute Gasteiger partial charge is 0.265 e. The molecule has 0 spiro atoms. The standard InChI is InChI=1S/C17H27N3O/c1-3-17(4-2)8-10-20(11-9-17)13-14-6-5-7-15(12-14)16(21)19-18/h5-7,12H,3-4,8-11,13,18H2,1-2H3,(H,19,21). The first-order valence-electron chi connectivity index (χ1n) is 7.94. The Labute approximate surface area is 127 Å². The van der Waals surface area contributed by atoms with Crippen LogP contribution in [-0.2, 0) is 6.54 Å². The number of nitrogens with two attached hydrogens (primary N) is 1. The Morgan fingerprint density at radius 3 is 2.52 bits per heavy atom. The van der Waals surface area contributed by atoms with Gasteiger partial charge in [-0.15, -0.1) is 0 Å². The molecule has 1 fully saturated rings. The zero-order valence-electron chi connectivity index (χ0n) is 13.2. The molecule has 0 aromatic heterocycles. The third kappa shape index (κ3) is 3.83. The summed E-state index contributed by atoms with van der Waals surface area (Å²) >= 11 is 0. The van der Waals surface area contributed by atoms with E-state index in [0.717, 1.165) is 19.6 Å². The second-order valence-corrected chi connectivity index (χ2v) is 6.16. The summed E-state index contributed by atoms with van der Waals surface area (Å²) in [5.41, 5.74) is 4.54. The maximum absolute atomic E-state index is 11.6. The van der Waals surface area contributed by atoms with Gasteiger partial charge in [-0.2, -0.15) is 0 Å². The molecule has 2 rings (SSSR count). The number of hydrazine groups is 1. The lowest BCUT2D eigenvalue weighted by Gasteiger charge is -2.41. The Kier molecular flexibility index (Phi) is 5.37. The fraction of sp³-hybridized carbons (Fsp3) is 0.588. The summed E-state index contributed by atoms with van der Waals surface area (Å²) in [7, 11) is 0. The van der Waals surface area contributed by atoms with E-state index in [-0.39, 0.29) is 5.91 Å². The van der Waals surface area contributed by atoms with Crippen LogP contribution in [-0.4, -0.2) is 23.9 Å². The summed E-state index contributed by atoms with van der Waals surface area (Å²) in [4.78, 5) is 14.1. The predicted octanol–water partition coefficient (Wildman–Crippen LogP) is 2.69. The van der Waals surface area contributed by atoms with Gasteiger partial charge in [-0.05, 0) is 49.0 Å². The Hall–Kier alpha value is -1.39. The van der Waals surface area contributed by atoms with Crippen LogP contribution in [0.4, 0.5) is 0 Å². The van der Waals surface area contributed by atoms with E-state index in [9.17, 15) is 4.79 Å². The minimum atomic E-state index is -0.230. The first-order valence-corrected chi connectivity index (χ1v) is 7.94. The van der Waals surface area contributed by atoms with Gasteiger partial charge in [-0.1, -0.05) is 38.8 Å². The van der Waals surface area contributed by atoms with Gasteiger partial charge < -0.3 is 0 Å². The Balaban J connectivity index is 1.96. The maximum Gasteiger partial charge on any atom is 0.265 e. The molecular weight excluding hydrogens is 262 g/mol. The van der Waals surface area contributed by atoms with E-state index in [1.807, 2.05) is 12.1 Å². The number of hydrogen-bond acceptors (Lipinski definition) is 3. The van der Waals surface area contributed by atoms with Gasteiger partial charge in [0.25, 0.3) is 5.91 Å². The van der Waals surface area contributed by atoms with Crippen LogP contribution in [0.2, 0.25) is 0 Å². The van der Waals surface area contributed by atoms with Gasteiger partial charge in [0.15, 0.2) is 0 Å². The van der Waals surface area contributed by atoms with Gasteiger partial charge in [-0.25, -0.2) is 5.84 Å². The van der Waals surface area contributed by atoms with Crippen LogP contribution < -0.4 is 11.3 Å². The van der Waals surface area contributed by atoms with Crippen molar-refractivity contribution in [2.24, 2.45) is 11.3 Å². The molecule has 3 N–H and O–H groups in total. The summed E-state index contributed by atoms with van der Waals surface area (Å²) in [6, 6.07) is 7.73. The number of amides is 1. The van der Waals surface area contributed by atoms with E-state index in [2.05, 4.69) is 30.2 Å². The normalized spacial score (nSPS) is 18.4. The number of carbonyl (C=O) groups excluding carboxylic acids is 1. The van der Waals surface area contributed by atoms with Gasteiger partial charge in [0.1, 0.15) is 0 Å². The topological polar surface area (TPSA) is 58.4 Å². The molecule has 1 aliphatic heterocycles. The van der Waals surface area contributed by atoms with Gasteiger partial charge in [0.05, 0.1) is 0 Å². The number of piperidine rings is 1. The van der Waals surface area contributed by atoms with Crippen molar-refractivity contribution in [3.05, 3.63) is 35.4 Å². The van der Waals surface area contributed by atoms with Crippen molar-refractivity contribution in [2.75, 3.05) is 13.1 Å². The number of hydrogen-bond donors (Lipinski definition) is 2. The number of nitrogens with zero attached hydrogens (tertiary/aromatic N) is 1. The summed E-state index contributed by atoms with van der Waals surface area (Å²) in [5.74, 6) is 4.96. The highest BCUT2D eigenvalue weighted by Gasteiger charge is 2.30. The monoisotopic (exact) mass is 289 g/mol. The van der Waals surface area contributed by atoms with Crippen LogP contribution in [0.1, 0.15) is 55.5 Å². The molecule has 116 valence electrons. The van der Waals surface area contributed by atoms with E-state index < -0.39 is 0 Å². The van der Waals surface area contributed by atoms with Crippen molar-refractivity contribution >= 4 is 5.91 Å². The lowest BCUT2D eigenvalue weighted by molar-refractivity contribution is 0.0907. The summed E-state index contributed by atoms with van der Waals surface area (Å²) in [5, 5.41) is 0. The van der Waals surface area contributed by atoms with E-state index in [1.54, 1.807) is 6.07 Å². The fourth-order valence-electron chi connectivity index (χ4n) is 3.30. The Morgan fingerprint density at radius 2 is 1.95 bits per heavy atom. The highest BCUT2D eigenvalue weighted by Crippen LogP contribution is 2.38. The quantitative estimate of drug-likeness (QED) is 0.498. The number of nitrogens with one attached hydrogen (secondary N) is 1. The first-order chi connectivity index (χ1) is 10.1. The number of benzene rings is 1. The molecule has 4 heteroatoms. The van der Waals surface area contributed by atoms with E-state index in [0.29, 0.717) is 11.0 Å². The minimum Gasteiger partial charge on any atom is -0.299 e.